The lowest BCUT2D eigenvalue weighted by Gasteiger charge is -2.01. The van der Waals surface area contributed by atoms with E-state index in [1.54, 1.807) is 0 Å². The van der Waals surface area contributed by atoms with Crippen LogP contribution in [0.2, 0.25) is 0 Å². The lowest BCUT2D eigenvalue weighted by atomic mass is 10.0. The first kappa shape index (κ1) is 11.7. The minimum absolute atomic E-state index is 0.689. The van der Waals surface area contributed by atoms with Crippen molar-refractivity contribution >= 4 is 12.4 Å². The van der Waals surface area contributed by atoms with Gasteiger partial charge in [0.05, 0.1) is 0 Å². The second-order valence-corrected chi connectivity index (χ2v) is 3.66. The molecule has 0 unspecified atom stereocenters. The fourth-order valence-electron chi connectivity index (χ4n) is 1.60. The third kappa shape index (κ3) is 4.59. The molecule has 0 heterocycles. The second kappa shape index (κ2) is 6.99. The molecule has 0 saturated heterocycles. The monoisotopic (exact) mass is 202 g/mol. The van der Waals surface area contributed by atoms with Crippen LogP contribution >= 0.6 is 0 Å². The second-order valence-electron chi connectivity index (χ2n) is 3.66. The molecule has 1 heteroatoms. The summed E-state index contributed by atoms with van der Waals surface area (Å²) in [5.74, 6) is 0. The van der Waals surface area contributed by atoms with Gasteiger partial charge in [0.1, 0.15) is 6.29 Å². The third-order valence-corrected chi connectivity index (χ3v) is 2.35. The van der Waals surface area contributed by atoms with Crippen LogP contribution in [0.5, 0.6) is 0 Å². The minimum Gasteiger partial charge on any atom is -0.303 e. The van der Waals surface area contributed by atoms with Crippen LogP contribution in [-0.4, -0.2) is 6.29 Å². The Labute approximate surface area is 91.8 Å². The van der Waals surface area contributed by atoms with E-state index in [0.717, 1.165) is 25.5 Å². The average molecular weight is 202 g/mol. The van der Waals surface area contributed by atoms with E-state index in [1.807, 2.05) is 13.0 Å². The van der Waals surface area contributed by atoms with Crippen molar-refractivity contribution < 1.29 is 4.79 Å². The molecule has 1 rings (SSSR count). The summed E-state index contributed by atoms with van der Waals surface area (Å²) in [6.07, 6.45) is 9.00. The van der Waals surface area contributed by atoms with E-state index >= 15 is 0 Å². The predicted molar refractivity (Wildman–Crippen MR) is 64.8 cm³/mol. The van der Waals surface area contributed by atoms with Gasteiger partial charge in [-0.25, -0.2) is 0 Å². The molecule has 0 fully saturated rings. The number of aryl methyl sites for hydroxylation is 1. The summed E-state index contributed by atoms with van der Waals surface area (Å²) >= 11 is 0. The van der Waals surface area contributed by atoms with Gasteiger partial charge in [-0.2, -0.15) is 0 Å². The summed E-state index contributed by atoms with van der Waals surface area (Å²) in [6.45, 7) is 2.02. The van der Waals surface area contributed by atoms with Crippen LogP contribution in [0.25, 0.3) is 6.08 Å². The molecule has 0 aliphatic heterocycles. The zero-order valence-corrected chi connectivity index (χ0v) is 9.28. The first-order chi connectivity index (χ1) is 7.36. The molecule has 0 radical (unpaired) electrons. The van der Waals surface area contributed by atoms with Gasteiger partial charge in [-0.3, -0.25) is 0 Å². The molecule has 0 bridgehead atoms. The van der Waals surface area contributed by atoms with E-state index in [0.29, 0.717) is 6.42 Å². The van der Waals surface area contributed by atoms with Crippen molar-refractivity contribution in [2.24, 2.45) is 0 Å². The van der Waals surface area contributed by atoms with Crippen molar-refractivity contribution in [3.8, 4) is 0 Å². The van der Waals surface area contributed by atoms with E-state index in [2.05, 4.69) is 30.3 Å². The van der Waals surface area contributed by atoms with Gasteiger partial charge in [-0.05, 0) is 37.3 Å². The van der Waals surface area contributed by atoms with Crippen LogP contribution in [0.15, 0.2) is 30.3 Å². The first-order valence-corrected chi connectivity index (χ1v) is 5.52. The number of hydrogen-bond donors (Lipinski definition) is 0. The highest BCUT2D eigenvalue weighted by molar-refractivity contribution is 5.50. The van der Waals surface area contributed by atoms with Gasteiger partial charge >= 0.3 is 0 Å². The Kier molecular flexibility index (Phi) is 5.46. The van der Waals surface area contributed by atoms with Crippen LogP contribution in [0.3, 0.4) is 0 Å². The molecule has 15 heavy (non-hydrogen) atoms. The zero-order valence-electron chi connectivity index (χ0n) is 9.28. The lowest BCUT2D eigenvalue weighted by Crippen LogP contribution is -1.87. The summed E-state index contributed by atoms with van der Waals surface area (Å²) in [5.41, 5.74) is 2.61. The molecule has 1 nitrogen and oxygen atoms in total. The maximum absolute atomic E-state index is 10.1. The Hall–Kier alpha value is -1.37. The molecule has 0 saturated carbocycles. The van der Waals surface area contributed by atoms with Gasteiger partial charge in [0.2, 0.25) is 0 Å². The Morgan fingerprint density at radius 2 is 2.13 bits per heavy atom. The normalized spacial score (nSPS) is 10.7. The number of unbranched alkanes of at least 4 members (excludes halogenated alkanes) is 2. The van der Waals surface area contributed by atoms with Crippen molar-refractivity contribution in [1.82, 2.24) is 0 Å². The van der Waals surface area contributed by atoms with E-state index in [9.17, 15) is 4.79 Å². The van der Waals surface area contributed by atoms with Gasteiger partial charge in [-0.1, -0.05) is 36.4 Å². The SMILES string of the molecule is CC=Cc1cccc(CCCCC=O)c1. The highest BCUT2D eigenvalue weighted by Crippen LogP contribution is 2.10. The summed E-state index contributed by atoms with van der Waals surface area (Å²) < 4.78 is 0. The van der Waals surface area contributed by atoms with Crippen molar-refractivity contribution in [3.63, 3.8) is 0 Å². The summed E-state index contributed by atoms with van der Waals surface area (Å²) in [4.78, 5) is 10.1. The van der Waals surface area contributed by atoms with Crippen LogP contribution in [-0.2, 0) is 11.2 Å². The van der Waals surface area contributed by atoms with E-state index in [1.165, 1.54) is 11.1 Å². The minimum atomic E-state index is 0.689. The van der Waals surface area contributed by atoms with Crippen LogP contribution < -0.4 is 0 Å². The molecule has 0 atom stereocenters. The van der Waals surface area contributed by atoms with E-state index in [-0.39, 0.29) is 0 Å². The smallest absolute Gasteiger partial charge is 0.119 e. The number of carbonyl (C=O) groups excluding carboxylic acids is 1. The van der Waals surface area contributed by atoms with Gasteiger partial charge in [0.15, 0.2) is 0 Å². The Bertz CT molecular complexity index is 326. The van der Waals surface area contributed by atoms with Gasteiger partial charge < -0.3 is 4.79 Å². The van der Waals surface area contributed by atoms with Crippen LogP contribution in [0.4, 0.5) is 0 Å². The van der Waals surface area contributed by atoms with Crippen molar-refractivity contribution in [2.75, 3.05) is 0 Å². The summed E-state index contributed by atoms with van der Waals surface area (Å²) in [7, 11) is 0. The molecule has 1 aromatic rings. The zero-order chi connectivity index (χ0) is 10.9. The fraction of sp³-hybridized carbons (Fsp3) is 0.357. The molecule has 0 aliphatic rings. The van der Waals surface area contributed by atoms with Crippen molar-refractivity contribution in [3.05, 3.63) is 41.5 Å². The topological polar surface area (TPSA) is 17.1 Å². The Morgan fingerprint density at radius 1 is 1.27 bits per heavy atom. The molecule has 0 spiro atoms. The lowest BCUT2D eigenvalue weighted by molar-refractivity contribution is -0.107. The van der Waals surface area contributed by atoms with Gasteiger partial charge in [0.25, 0.3) is 0 Å². The number of aldehydes is 1. The third-order valence-electron chi connectivity index (χ3n) is 2.35. The van der Waals surface area contributed by atoms with Gasteiger partial charge in [0, 0.05) is 6.42 Å². The van der Waals surface area contributed by atoms with Crippen LogP contribution in [0, 0.1) is 0 Å². The van der Waals surface area contributed by atoms with Crippen molar-refractivity contribution in [2.45, 2.75) is 32.6 Å². The number of benzene rings is 1. The number of hydrogen-bond acceptors (Lipinski definition) is 1. The van der Waals surface area contributed by atoms with Crippen molar-refractivity contribution in [1.29, 1.82) is 0 Å². The number of carbonyl (C=O) groups is 1. The highest BCUT2D eigenvalue weighted by atomic mass is 16.1. The highest BCUT2D eigenvalue weighted by Gasteiger charge is 1.94. The molecule has 0 aliphatic carbocycles. The maximum Gasteiger partial charge on any atom is 0.119 e. The molecule has 0 N–H and O–H groups in total. The first-order valence-electron chi connectivity index (χ1n) is 5.52. The molecular formula is C14H18O. The fourth-order valence-corrected chi connectivity index (χ4v) is 1.60. The molecule has 0 aromatic heterocycles. The average Bonchev–Trinajstić information content (AvgIpc) is 2.26. The van der Waals surface area contributed by atoms with Crippen LogP contribution in [0.1, 0.15) is 37.3 Å². The number of rotatable bonds is 6. The molecule has 80 valence electrons. The van der Waals surface area contributed by atoms with E-state index in [4.69, 9.17) is 0 Å². The van der Waals surface area contributed by atoms with E-state index < -0.39 is 0 Å². The summed E-state index contributed by atoms with van der Waals surface area (Å²) in [5, 5.41) is 0. The Morgan fingerprint density at radius 3 is 2.87 bits per heavy atom. The van der Waals surface area contributed by atoms with Gasteiger partial charge in [-0.15, -0.1) is 0 Å². The molecule has 0 amide bonds. The largest absolute Gasteiger partial charge is 0.303 e. The summed E-state index contributed by atoms with van der Waals surface area (Å²) in [6, 6.07) is 8.55. The maximum atomic E-state index is 10.1. The Balaban J connectivity index is 2.46. The molecular weight excluding hydrogens is 184 g/mol. The quantitative estimate of drug-likeness (QED) is 0.508. The predicted octanol–water partition coefficient (Wildman–Crippen LogP) is 3.63. The standard InChI is InChI=1S/C14H18O/c1-2-7-13-9-6-10-14(12-13)8-4-3-5-11-15/h2,6-7,9-12H,3-5,8H2,1H3. The molecule has 1 aromatic carbocycles. The number of allylic oxidation sites excluding steroid dienone is 1.